The molecule has 1 heterocycles. The molecule has 1 N–H and O–H groups in total. The van der Waals surface area contributed by atoms with Gasteiger partial charge in [-0.2, -0.15) is 0 Å². The lowest BCUT2D eigenvalue weighted by molar-refractivity contribution is -0.144. The Kier molecular flexibility index (Phi) is 6.35. The van der Waals surface area contributed by atoms with Crippen molar-refractivity contribution < 1.29 is 19.5 Å². The van der Waals surface area contributed by atoms with Crippen LogP contribution in [0.2, 0.25) is 0 Å². The second kappa shape index (κ2) is 8.47. The van der Waals surface area contributed by atoms with Gasteiger partial charge in [0, 0.05) is 31.7 Å². The molecule has 6 heteroatoms. The van der Waals surface area contributed by atoms with E-state index in [4.69, 9.17) is 5.11 Å². The molecule has 1 saturated heterocycles. The molecular formula is C18H24N2O4. The predicted octanol–water partition coefficient (Wildman–Crippen LogP) is 1.79. The molecule has 2 rings (SSSR count). The van der Waals surface area contributed by atoms with E-state index < -0.39 is 18.3 Å². The minimum atomic E-state index is -1.12. The smallest absolute Gasteiger partial charge is 0.312 e. The van der Waals surface area contributed by atoms with Gasteiger partial charge in [0.25, 0.3) is 5.91 Å². The van der Waals surface area contributed by atoms with Crippen molar-refractivity contribution in [3.63, 3.8) is 0 Å². The van der Waals surface area contributed by atoms with Crippen molar-refractivity contribution in [2.75, 3.05) is 26.2 Å². The SMILES string of the molecule is CCCCc1ccc(C(=O)N2CCN(C(=O)CC(=O)O)CC2)cc1. The molecule has 0 radical (unpaired) electrons. The zero-order valence-corrected chi connectivity index (χ0v) is 14.0. The number of aryl methyl sites for hydroxylation is 1. The van der Waals surface area contributed by atoms with Crippen LogP contribution in [0, 0.1) is 0 Å². The number of hydrogen-bond donors (Lipinski definition) is 1. The average Bonchev–Trinajstić information content (AvgIpc) is 2.59. The maximum atomic E-state index is 12.5. The second-order valence-electron chi connectivity index (χ2n) is 6.04. The normalized spacial score (nSPS) is 14.5. The second-order valence-corrected chi connectivity index (χ2v) is 6.04. The number of hydrogen-bond acceptors (Lipinski definition) is 3. The predicted molar refractivity (Wildman–Crippen MR) is 89.8 cm³/mol. The number of carboxylic acids is 1. The number of unbranched alkanes of at least 4 members (excludes halogenated alkanes) is 1. The fourth-order valence-electron chi connectivity index (χ4n) is 2.78. The third kappa shape index (κ3) is 4.81. The molecule has 0 saturated carbocycles. The minimum absolute atomic E-state index is 0.0395. The Balaban J connectivity index is 1.88. The summed E-state index contributed by atoms with van der Waals surface area (Å²) in [4.78, 5) is 38.0. The average molecular weight is 332 g/mol. The Morgan fingerprint density at radius 1 is 1.00 bits per heavy atom. The van der Waals surface area contributed by atoms with Crippen molar-refractivity contribution in [1.29, 1.82) is 0 Å². The quantitative estimate of drug-likeness (QED) is 0.806. The number of piperazine rings is 1. The van der Waals surface area contributed by atoms with E-state index in [0.717, 1.165) is 19.3 Å². The van der Waals surface area contributed by atoms with E-state index in [1.807, 2.05) is 24.3 Å². The monoisotopic (exact) mass is 332 g/mol. The number of amides is 2. The molecule has 0 aromatic heterocycles. The van der Waals surface area contributed by atoms with Crippen molar-refractivity contribution in [3.05, 3.63) is 35.4 Å². The Morgan fingerprint density at radius 3 is 2.12 bits per heavy atom. The maximum absolute atomic E-state index is 12.5. The highest BCUT2D eigenvalue weighted by molar-refractivity contribution is 5.95. The number of carbonyl (C=O) groups is 3. The fraction of sp³-hybridized carbons (Fsp3) is 0.500. The minimum Gasteiger partial charge on any atom is -0.481 e. The molecule has 1 aliphatic heterocycles. The molecule has 0 aliphatic carbocycles. The third-order valence-corrected chi connectivity index (χ3v) is 4.24. The van der Waals surface area contributed by atoms with E-state index in [1.54, 1.807) is 4.90 Å². The molecule has 130 valence electrons. The Bertz CT molecular complexity index is 590. The first kappa shape index (κ1) is 18.0. The van der Waals surface area contributed by atoms with Crippen LogP contribution in [0.15, 0.2) is 24.3 Å². The van der Waals surface area contributed by atoms with E-state index in [1.165, 1.54) is 10.5 Å². The lowest BCUT2D eigenvalue weighted by atomic mass is 10.1. The van der Waals surface area contributed by atoms with Gasteiger partial charge in [0.2, 0.25) is 5.91 Å². The standard InChI is InChI=1S/C18H24N2O4/c1-2-3-4-14-5-7-15(8-6-14)18(24)20-11-9-19(10-12-20)16(21)13-17(22)23/h5-8H,2-4,9-13H2,1H3,(H,22,23). The van der Waals surface area contributed by atoms with Gasteiger partial charge < -0.3 is 14.9 Å². The van der Waals surface area contributed by atoms with Crippen LogP contribution in [0.4, 0.5) is 0 Å². The maximum Gasteiger partial charge on any atom is 0.312 e. The summed E-state index contributed by atoms with van der Waals surface area (Å²) in [5, 5.41) is 8.67. The van der Waals surface area contributed by atoms with E-state index in [-0.39, 0.29) is 5.91 Å². The lowest BCUT2D eigenvalue weighted by Gasteiger charge is -2.34. The van der Waals surface area contributed by atoms with Gasteiger partial charge in [-0.1, -0.05) is 25.5 Å². The molecule has 0 bridgehead atoms. The van der Waals surface area contributed by atoms with Crippen LogP contribution in [0.3, 0.4) is 0 Å². The van der Waals surface area contributed by atoms with Crippen molar-refractivity contribution in [1.82, 2.24) is 9.80 Å². The molecule has 24 heavy (non-hydrogen) atoms. The van der Waals surface area contributed by atoms with Crippen LogP contribution in [-0.2, 0) is 16.0 Å². The summed E-state index contributed by atoms with van der Waals surface area (Å²) >= 11 is 0. The summed E-state index contributed by atoms with van der Waals surface area (Å²) < 4.78 is 0. The van der Waals surface area contributed by atoms with Gasteiger partial charge in [-0.05, 0) is 30.5 Å². The van der Waals surface area contributed by atoms with Crippen molar-refractivity contribution in [2.45, 2.75) is 32.6 Å². The van der Waals surface area contributed by atoms with Gasteiger partial charge in [-0.3, -0.25) is 14.4 Å². The highest BCUT2D eigenvalue weighted by atomic mass is 16.4. The summed E-state index contributed by atoms with van der Waals surface area (Å²) in [6.45, 7) is 3.78. The van der Waals surface area contributed by atoms with Gasteiger partial charge in [0.1, 0.15) is 6.42 Å². The highest BCUT2D eigenvalue weighted by Gasteiger charge is 2.25. The number of nitrogens with zero attached hydrogens (tertiary/aromatic N) is 2. The number of rotatable bonds is 6. The summed E-state index contributed by atoms with van der Waals surface area (Å²) in [7, 11) is 0. The molecular weight excluding hydrogens is 308 g/mol. The molecule has 0 spiro atoms. The van der Waals surface area contributed by atoms with Crippen LogP contribution >= 0.6 is 0 Å². The molecule has 2 amide bonds. The molecule has 1 aromatic carbocycles. The van der Waals surface area contributed by atoms with E-state index in [0.29, 0.717) is 31.7 Å². The summed E-state index contributed by atoms with van der Waals surface area (Å²) in [6, 6.07) is 7.70. The summed E-state index contributed by atoms with van der Waals surface area (Å²) in [5.41, 5.74) is 1.89. The first-order valence-electron chi connectivity index (χ1n) is 8.39. The number of aliphatic carboxylic acids is 1. The van der Waals surface area contributed by atoms with Gasteiger partial charge in [-0.25, -0.2) is 0 Å². The lowest BCUT2D eigenvalue weighted by Crippen LogP contribution is -2.50. The summed E-state index contributed by atoms with van der Waals surface area (Å²) in [6.07, 6.45) is 2.81. The van der Waals surface area contributed by atoms with Crippen LogP contribution in [0.1, 0.15) is 42.1 Å². The Morgan fingerprint density at radius 2 is 1.58 bits per heavy atom. The molecule has 0 atom stereocenters. The number of carbonyl (C=O) groups excluding carboxylic acids is 2. The van der Waals surface area contributed by atoms with Gasteiger partial charge in [0.05, 0.1) is 0 Å². The van der Waals surface area contributed by atoms with Gasteiger partial charge in [-0.15, -0.1) is 0 Å². The molecule has 1 aromatic rings. The van der Waals surface area contributed by atoms with Crippen molar-refractivity contribution >= 4 is 17.8 Å². The van der Waals surface area contributed by atoms with Crippen LogP contribution in [0.25, 0.3) is 0 Å². The van der Waals surface area contributed by atoms with Gasteiger partial charge >= 0.3 is 5.97 Å². The van der Waals surface area contributed by atoms with Crippen LogP contribution in [0.5, 0.6) is 0 Å². The fourth-order valence-corrected chi connectivity index (χ4v) is 2.78. The number of carboxylic acid groups (broad SMARTS) is 1. The first-order chi connectivity index (χ1) is 11.5. The Hall–Kier alpha value is -2.37. The largest absolute Gasteiger partial charge is 0.481 e. The first-order valence-corrected chi connectivity index (χ1v) is 8.39. The van der Waals surface area contributed by atoms with Crippen molar-refractivity contribution in [2.24, 2.45) is 0 Å². The van der Waals surface area contributed by atoms with E-state index in [9.17, 15) is 14.4 Å². The van der Waals surface area contributed by atoms with Crippen LogP contribution in [-0.4, -0.2) is 58.9 Å². The van der Waals surface area contributed by atoms with E-state index >= 15 is 0 Å². The van der Waals surface area contributed by atoms with Gasteiger partial charge in [0.15, 0.2) is 0 Å². The van der Waals surface area contributed by atoms with E-state index in [2.05, 4.69) is 6.92 Å². The highest BCUT2D eigenvalue weighted by Crippen LogP contribution is 2.12. The zero-order chi connectivity index (χ0) is 17.5. The molecule has 1 aliphatic rings. The van der Waals surface area contributed by atoms with Crippen molar-refractivity contribution in [3.8, 4) is 0 Å². The number of benzene rings is 1. The molecule has 0 unspecified atom stereocenters. The molecule has 1 fully saturated rings. The summed E-state index contributed by atoms with van der Waals surface area (Å²) in [5.74, 6) is -1.56. The third-order valence-electron chi connectivity index (χ3n) is 4.24. The topological polar surface area (TPSA) is 77.9 Å². The zero-order valence-electron chi connectivity index (χ0n) is 14.0. The molecule has 6 nitrogen and oxygen atoms in total. The Labute approximate surface area is 142 Å². The van der Waals surface area contributed by atoms with Crippen LogP contribution < -0.4 is 0 Å².